The van der Waals surface area contributed by atoms with Crippen LogP contribution in [0.2, 0.25) is 0 Å². The Bertz CT molecular complexity index is 644. The minimum Gasteiger partial charge on any atom is -0.214 e. The first kappa shape index (κ1) is 16.9. The Kier molecular flexibility index (Phi) is 6.81. The summed E-state index contributed by atoms with van der Waals surface area (Å²) < 4.78 is 1.51. The maximum Gasteiger partial charge on any atom is -0.0253 e. The van der Waals surface area contributed by atoms with Gasteiger partial charge in [0.2, 0.25) is 0 Å². The van der Waals surface area contributed by atoms with Gasteiger partial charge in [0, 0.05) is 0 Å². The van der Waals surface area contributed by atoms with Crippen LogP contribution in [0.25, 0.3) is 11.1 Å². The van der Waals surface area contributed by atoms with E-state index in [-0.39, 0.29) is 0 Å². The molecule has 0 aliphatic heterocycles. The van der Waals surface area contributed by atoms with Crippen LogP contribution in [0.5, 0.6) is 0 Å². The Morgan fingerprint density at radius 3 is 2.23 bits per heavy atom. The number of fused-ring (bicyclic) bond motifs is 3. The zero-order chi connectivity index (χ0) is 15.8. The molecule has 0 N–H and O–H groups in total. The van der Waals surface area contributed by atoms with Gasteiger partial charge in [-0.1, -0.05) is 35.4 Å². The molecule has 0 fully saturated rings. The molecule has 0 atom stereocenters. The minimum atomic E-state index is 1.05. The maximum absolute atomic E-state index is 3.30. The van der Waals surface area contributed by atoms with E-state index in [0.29, 0.717) is 0 Å². The Morgan fingerprint density at radius 2 is 1.59 bits per heavy atom. The summed E-state index contributed by atoms with van der Waals surface area (Å²) in [5.41, 5.74) is 5.51. The van der Waals surface area contributed by atoms with E-state index >= 15 is 0 Å². The van der Waals surface area contributed by atoms with Gasteiger partial charge in [0.1, 0.15) is 0 Å². The van der Waals surface area contributed by atoms with Gasteiger partial charge in [-0.3, -0.25) is 0 Å². The molecule has 108 valence electrons. The summed E-state index contributed by atoms with van der Waals surface area (Å²) in [6, 6.07) is 28.1. The molecule has 0 saturated heterocycles. The number of benzene rings is 2. The van der Waals surface area contributed by atoms with E-state index in [9.17, 15) is 0 Å². The first-order valence-corrected chi connectivity index (χ1v) is 8.67. The van der Waals surface area contributed by atoms with Crippen molar-refractivity contribution in [3.05, 3.63) is 90.0 Å². The number of rotatable bonds is 0. The van der Waals surface area contributed by atoms with Gasteiger partial charge in [0.25, 0.3) is 0 Å². The van der Waals surface area contributed by atoms with Crippen LogP contribution >= 0.6 is 0 Å². The summed E-state index contributed by atoms with van der Waals surface area (Å²) in [4.78, 5) is 0. The van der Waals surface area contributed by atoms with E-state index in [0.717, 1.165) is 6.42 Å². The van der Waals surface area contributed by atoms with E-state index in [4.69, 9.17) is 0 Å². The fraction of sp³-hybridized carbons (Fsp3) is 0.143. The first-order chi connectivity index (χ1) is 10.7. The third-order valence-electron chi connectivity index (χ3n) is 3.17. The molecule has 0 spiro atoms. The molecule has 1 aliphatic carbocycles. The van der Waals surface area contributed by atoms with Crippen LogP contribution in [0.4, 0.5) is 0 Å². The summed E-state index contributed by atoms with van der Waals surface area (Å²) in [5, 5.41) is 0. The maximum atomic E-state index is 3.30. The van der Waals surface area contributed by atoms with E-state index in [1.54, 1.807) is 24.2 Å². The van der Waals surface area contributed by atoms with Crippen LogP contribution in [0, 0.1) is 6.07 Å². The van der Waals surface area contributed by atoms with Gasteiger partial charge in [-0.25, -0.2) is 12.1 Å². The van der Waals surface area contributed by atoms with Gasteiger partial charge < -0.3 is 0 Å². The van der Waals surface area contributed by atoms with E-state index in [2.05, 4.69) is 56.3 Å². The zero-order valence-electron chi connectivity index (χ0n) is 13.1. The molecule has 22 heavy (non-hydrogen) atoms. The van der Waals surface area contributed by atoms with Gasteiger partial charge in [-0.05, 0) is 6.42 Å². The summed E-state index contributed by atoms with van der Waals surface area (Å²) >= 11 is 1.55. The predicted octanol–water partition coefficient (Wildman–Crippen LogP) is 5.21. The largest absolute Gasteiger partial charge is 0.214 e. The van der Waals surface area contributed by atoms with E-state index in [1.165, 1.54) is 25.5 Å². The summed E-state index contributed by atoms with van der Waals surface area (Å²) in [7, 11) is 0. The predicted molar refractivity (Wildman–Crippen MR) is 91.9 cm³/mol. The van der Waals surface area contributed by atoms with Crippen LogP contribution in [0.15, 0.2) is 72.8 Å². The monoisotopic (exact) mass is 362 g/mol. The molecule has 0 radical (unpaired) electrons. The van der Waals surface area contributed by atoms with Crippen molar-refractivity contribution >= 4 is 3.21 Å². The molecule has 0 bridgehead atoms. The molecule has 3 aromatic carbocycles. The van der Waals surface area contributed by atoms with Crippen LogP contribution < -0.4 is 0 Å². The van der Waals surface area contributed by atoms with Crippen LogP contribution in [0.3, 0.4) is 0 Å². The van der Waals surface area contributed by atoms with Crippen molar-refractivity contribution in [1.29, 1.82) is 0 Å². The summed E-state index contributed by atoms with van der Waals surface area (Å²) in [5.74, 6) is 0. The second kappa shape index (κ2) is 8.86. The standard InChI is InChI=1S/C13H9.C5H5.C3H6.Zr/c1-3-7-12-10(5-1)9-11-6-2-4-8-13(11)12;1-2-4-5-3-1;1-3-2;/h1-5,7-8H,9H2;1-5H;1-2H3;/q2*-1;;+2. The molecule has 4 rings (SSSR count). The molecule has 0 unspecified atom stereocenters. The van der Waals surface area contributed by atoms with Crippen molar-refractivity contribution in [2.45, 2.75) is 20.3 Å². The van der Waals surface area contributed by atoms with Crippen molar-refractivity contribution in [2.75, 3.05) is 0 Å². The zero-order valence-corrected chi connectivity index (χ0v) is 15.6. The molecule has 1 heteroatoms. The normalized spacial score (nSPS) is 10.4. The number of hydrogen-bond donors (Lipinski definition) is 0. The van der Waals surface area contributed by atoms with Crippen LogP contribution in [0.1, 0.15) is 25.0 Å². The van der Waals surface area contributed by atoms with Crippen molar-refractivity contribution in [2.24, 2.45) is 0 Å². The molecule has 0 amide bonds. The molecular weight excluding hydrogens is 343 g/mol. The van der Waals surface area contributed by atoms with Crippen LogP contribution in [-0.2, 0) is 30.7 Å². The average Bonchev–Trinajstić information content (AvgIpc) is 3.18. The average molecular weight is 364 g/mol. The molecule has 1 aliphatic rings. The fourth-order valence-corrected chi connectivity index (χ4v) is 2.32. The summed E-state index contributed by atoms with van der Waals surface area (Å²) in [6.07, 6.45) is 1.05. The van der Waals surface area contributed by atoms with Crippen molar-refractivity contribution in [3.8, 4) is 11.1 Å². The van der Waals surface area contributed by atoms with E-state index < -0.39 is 0 Å². The molecule has 0 aromatic heterocycles. The quantitative estimate of drug-likeness (QED) is 0.376. The third-order valence-corrected chi connectivity index (χ3v) is 3.17. The Labute approximate surface area is 148 Å². The van der Waals surface area contributed by atoms with Gasteiger partial charge in [-0.2, -0.15) is 48.0 Å². The van der Waals surface area contributed by atoms with Crippen LogP contribution in [-0.4, -0.2) is 3.21 Å². The van der Waals surface area contributed by atoms with Crippen molar-refractivity contribution < 1.29 is 24.2 Å². The second-order valence-corrected chi connectivity index (χ2v) is 7.82. The first-order valence-electron chi connectivity index (χ1n) is 7.45. The van der Waals surface area contributed by atoms with Crippen molar-refractivity contribution in [3.63, 3.8) is 0 Å². The summed E-state index contributed by atoms with van der Waals surface area (Å²) in [6.45, 7) is 4.25. The minimum absolute atomic E-state index is 1.05. The number of hydrogen-bond acceptors (Lipinski definition) is 0. The Morgan fingerprint density at radius 1 is 0.955 bits per heavy atom. The third kappa shape index (κ3) is 5.07. The molecule has 0 heterocycles. The topological polar surface area (TPSA) is 0 Å². The second-order valence-electron chi connectivity index (χ2n) is 5.36. The Balaban J connectivity index is 0.000000163. The molecular formula is C21H20Zr. The van der Waals surface area contributed by atoms with Gasteiger partial charge in [-0.15, -0.1) is 5.56 Å². The smallest absolute Gasteiger partial charge is 0.0253 e. The SMILES string of the molecule is C[C](C)=[Zr+2].[c-]1cccc2c1Cc1ccccc1-2.c1cc[cH-]c1. The van der Waals surface area contributed by atoms with Gasteiger partial charge in [0.15, 0.2) is 0 Å². The van der Waals surface area contributed by atoms with Gasteiger partial charge in [0.05, 0.1) is 0 Å². The Hall–Kier alpha value is -1.46. The van der Waals surface area contributed by atoms with E-state index in [1.807, 2.05) is 36.4 Å². The van der Waals surface area contributed by atoms with Gasteiger partial charge >= 0.3 is 41.3 Å². The molecule has 3 aromatic rings. The molecule has 0 nitrogen and oxygen atoms in total. The fourth-order valence-electron chi connectivity index (χ4n) is 2.32. The van der Waals surface area contributed by atoms with Crippen molar-refractivity contribution in [1.82, 2.24) is 0 Å². The molecule has 0 saturated carbocycles.